The molecule has 0 atom stereocenters. The molecule has 0 aliphatic rings. The molecular formula is C12H12ClN3O. The number of aldehydes is 1. The summed E-state index contributed by atoms with van der Waals surface area (Å²) < 4.78 is 1.59. The highest BCUT2D eigenvalue weighted by Gasteiger charge is 2.17. The minimum absolute atomic E-state index is 0.0823. The van der Waals surface area contributed by atoms with E-state index in [1.807, 2.05) is 32.0 Å². The predicted molar refractivity (Wildman–Crippen MR) is 66.2 cm³/mol. The molecule has 17 heavy (non-hydrogen) atoms. The van der Waals surface area contributed by atoms with Gasteiger partial charge in [-0.25, -0.2) is 4.68 Å². The standard InChI is InChI=1S/C12H12ClN3O/c1-8(2)16-11(7-17)12(14-15-16)9-5-3-4-6-10(9)13/h3-8H,1-2H3. The van der Waals surface area contributed by atoms with E-state index in [4.69, 9.17) is 11.6 Å². The van der Waals surface area contributed by atoms with Gasteiger partial charge in [0.15, 0.2) is 6.29 Å². The molecule has 1 heterocycles. The van der Waals surface area contributed by atoms with Crippen LogP contribution in [0.3, 0.4) is 0 Å². The molecule has 0 unspecified atom stereocenters. The second-order valence-corrected chi connectivity index (χ2v) is 4.37. The summed E-state index contributed by atoms with van der Waals surface area (Å²) in [5.74, 6) is 0. The third-order valence-corrected chi connectivity index (χ3v) is 2.79. The molecule has 0 aliphatic heterocycles. The summed E-state index contributed by atoms with van der Waals surface area (Å²) in [4.78, 5) is 11.2. The second kappa shape index (κ2) is 4.67. The lowest BCUT2D eigenvalue weighted by Crippen LogP contribution is -2.07. The molecule has 0 radical (unpaired) electrons. The van der Waals surface area contributed by atoms with Gasteiger partial charge in [-0.3, -0.25) is 4.79 Å². The minimum Gasteiger partial charge on any atom is -0.296 e. The first kappa shape index (κ1) is 11.8. The molecule has 2 rings (SSSR count). The summed E-state index contributed by atoms with van der Waals surface area (Å²) in [6.45, 7) is 3.89. The van der Waals surface area contributed by atoms with Crippen molar-refractivity contribution >= 4 is 17.9 Å². The van der Waals surface area contributed by atoms with Gasteiger partial charge in [-0.2, -0.15) is 0 Å². The van der Waals surface area contributed by atoms with Gasteiger partial charge in [0, 0.05) is 11.6 Å². The molecule has 5 heteroatoms. The molecule has 0 saturated heterocycles. The van der Waals surface area contributed by atoms with Gasteiger partial charge in [-0.1, -0.05) is 35.0 Å². The van der Waals surface area contributed by atoms with Crippen molar-refractivity contribution in [2.75, 3.05) is 0 Å². The van der Waals surface area contributed by atoms with Crippen LogP contribution < -0.4 is 0 Å². The summed E-state index contributed by atoms with van der Waals surface area (Å²) in [6.07, 6.45) is 0.763. The Bertz CT molecular complexity index is 548. The van der Waals surface area contributed by atoms with Crippen LogP contribution in [-0.2, 0) is 0 Å². The van der Waals surface area contributed by atoms with Crippen molar-refractivity contribution in [3.63, 3.8) is 0 Å². The van der Waals surface area contributed by atoms with Crippen molar-refractivity contribution < 1.29 is 4.79 Å². The average molecular weight is 250 g/mol. The zero-order valence-corrected chi connectivity index (χ0v) is 10.3. The van der Waals surface area contributed by atoms with E-state index in [9.17, 15) is 4.79 Å². The highest BCUT2D eigenvalue weighted by molar-refractivity contribution is 6.33. The van der Waals surface area contributed by atoms with Gasteiger partial charge in [0.2, 0.25) is 0 Å². The molecule has 2 aromatic rings. The van der Waals surface area contributed by atoms with Crippen LogP contribution in [0.4, 0.5) is 0 Å². The number of hydrogen-bond donors (Lipinski definition) is 0. The Morgan fingerprint density at radius 1 is 1.35 bits per heavy atom. The van der Waals surface area contributed by atoms with Gasteiger partial charge in [0.1, 0.15) is 11.4 Å². The number of aromatic nitrogens is 3. The summed E-state index contributed by atoms with van der Waals surface area (Å²) in [7, 11) is 0. The molecule has 0 spiro atoms. The maximum Gasteiger partial charge on any atom is 0.170 e. The van der Waals surface area contributed by atoms with E-state index < -0.39 is 0 Å². The summed E-state index contributed by atoms with van der Waals surface area (Å²) >= 11 is 6.08. The van der Waals surface area contributed by atoms with Crippen molar-refractivity contribution in [2.24, 2.45) is 0 Å². The predicted octanol–water partition coefficient (Wildman–Crippen LogP) is 2.99. The number of carbonyl (C=O) groups is 1. The molecule has 0 bridgehead atoms. The Labute approximate surface area is 104 Å². The van der Waals surface area contributed by atoms with Crippen LogP contribution >= 0.6 is 11.6 Å². The number of benzene rings is 1. The molecule has 0 saturated carbocycles. The van der Waals surface area contributed by atoms with Gasteiger partial charge in [-0.05, 0) is 19.9 Å². The van der Waals surface area contributed by atoms with E-state index in [0.29, 0.717) is 16.4 Å². The van der Waals surface area contributed by atoms with E-state index in [0.717, 1.165) is 11.8 Å². The number of carbonyl (C=O) groups excluding carboxylic acids is 1. The van der Waals surface area contributed by atoms with Gasteiger partial charge in [0.25, 0.3) is 0 Å². The van der Waals surface area contributed by atoms with Crippen molar-refractivity contribution in [3.05, 3.63) is 35.0 Å². The maximum atomic E-state index is 11.2. The topological polar surface area (TPSA) is 47.8 Å². The van der Waals surface area contributed by atoms with Crippen LogP contribution in [0.25, 0.3) is 11.3 Å². The lowest BCUT2D eigenvalue weighted by Gasteiger charge is -2.06. The fraction of sp³-hybridized carbons (Fsp3) is 0.250. The van der Waals surface area contributed by atoms with Crippen LogP contribution in [0, 0.1) is 0 Å². The maximum absolute atomic E-state index is 11.2. The fourth-order valence-electron chi connectivity index (χ4n) is 1.64. The Balaban J connectivity index is 2.61. The molecule has 1 aromatic heterocycles. The number of rotatable bonds is 3. The summed E-state index contributed by atoms with van der Waals surface area (Å²) in [6, 6.07) is 7.35. The summed E-state index contributed by atoms with van der Waals surface area (Å²) in [5, 5.41) is 8.58. The van der Waals surface area contributed by atoms with E-state index in [-0.39, 0.29) is 6.04 Å². The van der Waals surface area contributed by atoms with Crippen LogP contribution in [0.2, 0.25) is 5.02 Å². The van der Waals surface area contributed by atoms with E-state index in [2.05, 4.69) is 10.3 Å². The van der Waals surface area contributed by atoms with Gasteiger partial charge in [-0.15, -0.1) is 5.10 Å². The Kier molecular flexibility index (Phi) is 3.24. The molecule has 4 nitrogen and oxygen atoms in total. The third-order valence-electron chi connectivity index (χ3n) is 2.46. The van der Waals surface area contributed by atoms with Crippen molar-refractivity contribution in [1.29, 1.82) is 0 Å². The monoisotopic (exact) mass is 249 g/mol. The fourth-order valence-corrected chi connectivity index (χ4v) is 1.86. The SMILES string of the molecule is CC(C)n1nnc(-c2ccccc2Cl)c1C=O. The smallest absolute Gasteiger partial charge is 0.170 e. The molecule has 0 aliphatic carbocycles. The van der Waals surface area contributed by atoms with Crippen LogP contribution in [-0.4, -0.2) is 21.3 Å². The highest BCUT2D eigenvalue weighted by atomic mass is 35.5. The molecule has 1 aromatic carbocycles. The van der Waals surface area contributed by atoms with Crippen molar-refractivity contribution in [3.8, 4) is 11.3 Å². The normalized spacial score (nSPS) is 10.8. The van der Waals surface area contributed by atoms with E-state index in [1.165, 1.54) is 0 Å². The second-order valence-electron chi connectivity index (χ2n) is 3.96. The van der Waals surface area contributed by atoms with Gasteiger partial charge in [0.05, 0.1) is 5.02 Å². The molecule has 0 fully saturated rings. The lowest BCUT2D eigenvalue weighted by molar-refractivity contribution is 0.111. The van der Waals surface area contributed by atoms with Crippen molar-refractivity contribution in [2.45, 2.75) is 19.9 Å². The minimum atomic E-state index is 0.0823. The Morgan fingerprint density at radius 2 is 2.06 bits per heavy atom. The zero-order valence-electron chi connectivity index (χ0n) is 9.59. The lowest BCUT2D eigenvalue weighted by atomic mass is 10.1. The first-order valence-corrected chi connectivity index (χ1v) is 5.68. The zero-order chi connectivity index (χ0) is 12.4. The molecule has 0 N–H and O–H groups in total. The van der Waals surface area contributed by atoms with Crippen molar-refractivity contribution in [1.82, 2.24) is 15.0 Å². The van der Waals surface area contributed by atoms with Crippen LogP contribution in [0.1, 0.15) is 30.4 Å². The Hall–Kier alpha value is -1.68. The van der Waals surface area contributed by atoms with Gasteiger partial charge < -0.3 is 0 Å². The number of hydrogen-bond acceptors (Lipinski definition) is 3. The number of nitrogens with zero attached hydrogens (tertiary/aromatic N) is 3. The van der Waals surface area contributed by atoms with E-state index >= 15 is 0 Å². The average Bonchev–Trinajstić information content (AvgIpc) is 2.73. The first-order chi connectivity index (χ1) is 8.15. The largest absolute Gasteiger partial charge is 0.296 e. The first-order valence-electron chi connectivity index (χ1n) is 5.30. The number of halogens is 1. The Morgan fingerprint density at radius 3 is 2.65 bits per heavy atom. The molecule has 0 amide bonds. The van der Waals surface area contributed by atoms with Crippen LogP contribution in [0.5, 0.6) is 0 Å². The van der Waals surface area contributed by atoms with Gasteiger partial charge >= 0.3 is 0 Å². The van der Waals surface area contributed by atoms with E-state index in [1.54, 1.807) is 10.7 Å². The third kappa shape index (κ3) is 2.08. The van der Waals surface area contributed by atoms with Crippen LogP contribution in [0.15, 0.2) is 24.3 Å². The highest BCUT2D eigenvalue weighted by Crippen LogP contribution is 2.28. The molecular weight excluding hydrogens is 238 g/mol. The summed E-state index contributed by atoms with van der Waals surface area (Å²) in [5.41, 5.74) is 1.70. The quantitative estimate of drug-likeness (QED) is 0.786. The molecule has 88 valence electrons.